The Morgan fingerprint density at radius 1 is 1.28 bits per heavy atom. The first-order valence-electron chi connectivity index (χ1n) is 12.1. The number of piperidine rings is 2. The molecule has 1 aromatic heterocycles. The average molecular weight is 441 g/mol. The molecule has 2 aliphatic rings. The molecule has 0 N–H and O–H groups in total. The highest BCUT2D eigenvalue weighted by Gasteiger charge is 2.28. The molecule has 0 spiro atoms. The fraction of sp³-hybridized carbons (Fsp3) is 0.692. The van der Waals surface area contributed by atoms with Crippen molar-refractivity contribution in [3.8, 4) is 6.07 Å². The standard InChI is InChI=1S/C26H40N4O2/c1-19-8-11-28(12-9-19)16-23-7-6-10-29(17-23)26(31)25(15-27)14-24-13-20(2)30(22(24)4)21(3)18-32-5/h13-14,19,21,23H,6-12,16-18H2,1-5H3/b25-14-. The van der Waals surface area contributed by atoms with Gasteiger partial charge in [-0.05, 0) is 89.1 Å². The van der Waals surface area contributed by atoms with E-state index >= 15 is 0 Å². The predicted molar refractivity (Wildman–Crippen MR) is 128 cm³/mol. The maximum Gasteiger partial charge on any atom is 0.264 e. The third-order valence-electron chi connectivity index (χ3n) is 7.22. The normalized spacial score (nSPS) is 22.1. The Bertz CT molecular complexity index is 858. The summed E-state index contributed by atoms with van der Waals surface area (Å²) in [6.45, 7) is 14.1. The Labute approximate surface area is 193 Å². The summed E-state index contributed by atoms with van der Waals surface area (Å²) >= 11 is 0. The fourth-order valence-electron chi connectivity index (χ4n) is 5.42. The average Bonchev–Trinajstić information content (AvgIpc) is 3.06. The number of nitriles is 1. The number of aromatic nitrogens is 1. The van der Waals surface area contributed by atoms with Crippen LogP contribution in [0, 0.1) is 37.0 Å². The molecule has 0 bridgehead atoms. The molecule has 6 nitrogen and oxygen atoms in total. The van der Waals surface area contributed by atoms with Crippen molar-refractivity contribution >= 4 is 12.0 Å². The van der Waals surface area contributed by atoms with Gasteiger partial charge in [-0.15, -0.1) is 0 Å². The van der Waals surface area contributed by atoms with Crippen molar-refractivity contribution in [1.82, 2.24) is 14.4 Å². The van der Waals surface area contributed by atoms with Crippen LogP contribution in [0.2, 0.25) is 0 Å². The van der Waals surface area contributed by atoms with Gasteiger partial charge in [-0.25, -0.2) is 0 Å². The number of ether oxygens (including phenoxy) is 1. The summed E-state index contributed by atoms with van der Waals surface area (Å²) in [7, 11) is 1.70. The SMILES string of the molecule is COCC(C)n1c(C)cc(/C=C(/C#N)C(=O)N2CCCC(CN3CCC(C)CC3)C2)c1C. The second kappa shape index (κ2) is 11.2. The predicted octanol–water partition coefficient (Wildman–Crippen LogP) is 4.19. The summed E-state index contributed by atoms with van der Waals surface area (Å²) in [4.78, 5) is 17.7. The monoisotopic (exact) mass is 440 g/mol. The van der Waals surface area contributed by atoms with Crippen molar-refractivity contribution in [2.45, 2.75) is 59.4 Å². The molecule has 0 aliphatic carbocycles. The topological polar surface area (TPSA) is 61.5 Å². The number of methoxy groups -OCH3 is 1. The lowest BCUT2D eigenvalue weighted by Crippen LogP contribution is -2.45. The number of carbonyl (C=O) groups is 1. The first-order valence-corrected chi connectivity index (χ1v) is 12.1. The lowest BCUT2D eigenvalue weighted by molar-refractivity contribution is -0.128. The molecule has 176 valence electrons. The largest absolute Gasteiger partial charge is 0.383 e. The van der Waals surface area contributed by atoms with Gasteiger partial charge in [-0.3, -0.25) is 4.79 Å². The molecular formula is C26H40N4O2. The van der Waals surface area contributed by atoms with E-state index in [1.165, 1.54) is 32.4 Å². The van der Waals surface area contributed by atoms with Gasteiger partial charge in [0, 0.05) is 38.1 Å². The Morgan fingerprint density at radius 3 is 2.66 bits per heavy atom. The number of amides is 1. The van der Waals surface area contributed by atoms with Crippen LogP contribution in [0.15, 0.2) is 11.6 Å². The highest BCUT2D eigenvalue weighted by atomic mass is 16.5. The van der Waals surface area contributed by atoms with Gasteiger partial charge in [-0.2, -0.15) is 5.26 Å². The molecule has 3 rings (SSSR count). The summed E-state index contributed by atoms with van der Waals surface area (Å²) in [5.74, 6) is 1.21. The molecule has 2 unspecified atom stereocenters. The van der Waals surface area contributed by atoms with Gasteiger partial charge in [0.1, 0.15) is 11.6 Å². The van der Waals surface area contributed by atoms with Crippen molar-refractivity contribution in [2.75, 3.05) is 46.4 Å². The Balaban J connectivity index is 1.69. The molecule has 2 saturated heterocycles. The molecule has 2 aliphatic heterocycles. The molecule has 0 saturated carbocycles. The van der Waals surface area contributed by atoms with E-state index < -0.39 is 0 Å². The van der Waals surface area contributed by atoms with E-state index in [1.807, 2.05) is 11.8 Å². The van der Waals surface area contributed by atoms with Crippen molar-refractivity contribution in [3.63, 3.8) is 0 Å². The van der Waals surface area contributed by atoms with Gasteiger partial charge < -0.3 is 19.1 Å². The molecule has 0 aromatic carbocycles. The Hall–Kier alpha value is -2.10. The van der Waals surface area contributed by atoms with Gasteiger partial charge in [0.05, 0.1) is 12.6 Å². The number of carbonyl (C=O) groups excluding carboxylic acids is 1. The molecule has 2 fully saturated rings. The van der Waals surface area contributed by atoms with Gasteiger partial charge >= 0.3 is 0 Å². The van der Waals surface area contributed by atoms with Gasteiger partial charge in [0.2, 0.25) is 0 Å². The molecule has 6 heteroatoms. The minimum atomic E-state index is -0.126. The van der Waals surface area contributed by atoms with Crippen LogP contribution < -0.4 is 0 Å². The van der Waals surface area contributed by atoms with E-state index in [4.69, 9.17) is 4.74 Å². The molecule has 3 heterocycles. The van der Waals surface area contributed by atoms with Crippen LogP contribution in [0.1, 0.15) is 62.5 Å². The number of hydrogen-bond donors (Lipinski definition) is 0. The van der Waals surface area contributed by atoms with Crippen molar-refractivity contribution < 1.29 is 9.53 Å². The Morgan fingerprint density at radius 2 is 2.00 bits per heavy atom. The third kappa shape index (κ3) is 5.82. The first kappa shape index (κ1) is 24.5. The number of likely N-dealkylation sites (tertiary alicyclic amines) is 2. The lowest BCUT2D eigenvalue weighted by Gasteiger charge is -2.37. The number of nitrogens with zero attached hydrogens (tertiary/aromatic N) is 4. The van der Waals surface area contributed by atoms with Crippen LogP contribution in [0.5, 0.6) is 0 Å². The minimum Gasteiger partial charge on any atom is -0.383 e. The number of hydrogen-bond acceptors (Lipinski definition) is 4. The highest BCUT2D eigenvalue weighted by molar-refractivity contribution is 6.01. The van der Waals surface area contributed by atoms with Gasteiger partial charge in [0.15, 0.2) is 0 Å². The van der Waals surface area contributed by atoms with Crippen LogP contribution in [-0.4, -0.2) is 66.7 Å². The maximum absolute atomic E-state index is 13.2. The number of rotatable bonds is 7. The van der Waals surface area contributed by atoms with Crippen molar-refractivity contribution in [1.29, 1.82) is 5.26 Å². The summed E-state index contributed by atoms with van der Waals surface area (Å²) < 4.78 is 7.53. The van der Waals surface area contributed by atoms with Crippen LogP contribution in [0.4, 0.5) is 0 Å². The van der Waals surface area contributed by atoms with Crippen LogP contribution in [0.25, 0.3) is 6.08 Å². The van der Waals surface area contributed by atoms with E-state index in [1.54, 1.807) is 13.2 Å². The van der Waals surface area contributed by atoms with E-state index in [0.717, 1.165) is 48.9 Å². The molecular weight excluding hydrogens is 400 g/mol. The van der Waals surface area contributed by atoms with E-state index in [9.17, 15) is 10.1 Å². The Kier molecular flexibility index (Phi) is 8.56. The minimum absolute atomic E-state index is 0.126. The summed E-state index contributed by atoms with van der Waals surface area (Å²) in [6.07, 6.45) is 6.51. The molecule has 2 atom stereocenters. The zero-order valence-corrected chi connectivity index (χ0v) is 20.6. The van der Waals surface area contributed by atoms with Crippen LogP contribution in [0.3, 0.4) is 0 Å². The van der Waals surface area contributed by atoms with E-state index in [2.05, 4.69) is 42.4 Å². The van der Waals surface area contributed by atoms with E-state index in [-0.39, 0.29) is 17.5 Å². The second-order valence-corrected chi connectivity index (χ2v) is 9.91. The van der Waals surface area contributed by atoms with Gasteiger partial charge in [0.25, 0.3) is 5.91 Å². The summed E-state index contributed by atoms with van der Waals surface area (Å²) in [5.41, 5.74) is 3.34. The smallest absolute Gasteiger partial charge is 0.264 e. The number of aryl methyl sites for hydroxylation is 1. The third-order valence-corrected chi connectivity index (χ3v) is 7.22. The highest BCUT2D eigenvalue weighted by Crippen LogP contribution is 2.25. The first-order chi connectivity index (χ1) is 15.3. The molecule has 32 heavy (non-hydrogen) atoms. The fourth-order valence-corrected chi connectivity index (χ4v) is 5.42. The van der Waals surface area contributed by atoms with Crippen molar-refractivity contribution in [3.05, 3.63) is 28.6 Å². The maximum atomic E-state index is 13.2. The molecule has 0 radical (unpaired) electrons. The zero-order valence-electron chi connectivity index (χ0n) is 20.6. The second-order valence-electron chi connectivity index (χ2n) is 9.91. The summed E-state index contributed by atoms with van der Waals surface area (Å²) in [6, 6.07) is 4.44. The van der Waals surface area contributed by atoms with Crippen LogP contribution in [-0.2, 0) is 9.53 Å². The van der Waals surface area contributed by atoms with Gasteiger partial charge in [-0.1, -0.05) is 6.92 Å². The lowest BCUT2D eigenvalue weighted by atomic mass is 9.94. The summed E-state index contributed by atoms with van der Waals surface area (Å²) in [5, 5.41) is 9.80. The van der Waals surface area contributed by atoms with Crippen molar-refractivity contribution in [2.24, 2.45) is 11.8 Å². The van der Waals surface area contributed by atoms with E-state index in [0.29, 0.717) is 12.5 Å². The zero-order chi connectivity index (χ0) is 23.3. The molecule has 1 amide bonds. The quantitative estimate of drug-likeness (QED) is 0.471. The van der Waals surface area contributed by atoms with Crippen LogP contribution >= 0.6 is 0 Å². The molecule has 1 aromatic rings.